The molecule has 0 fully saturated rings. The van der Waals surface area contributed by atoms with Gasteiger partial charge >= 0.3 is 0 Å². The molecular weight excluding hydrogens is 615 g/mol. The van der Waals surface area contributed by atoms with Gasteiger partial charge in [0, 0.05) is 22.5 Å². The molecule has 1 atom stereocenters. The number of nitrogens with zero attached hydrogens (tertiary/aromatic N) is 1. The molecule has 11 rings (SSSR count). The second-order valence-electron chi connectivity index (χ2n) is 15.2. The molecule has 4 aliphatic rings. The third kappa shape index (κ3) is 3.76. The molecule has 0 saturated carbocycles. The summed E-state index contributed by atoms with van der Waals surface area (Å²) in [7, 11) is 0. The highest BCUT2D eigenvalue weighted by atomic mass is 15.1. The Hall–Kier alpha value is -5.92. The van der Waals surface area contributed by atoms with Gasteiger partial charge in [-0.3, -0.25) is 0 Å². The summed E-state index contributed by atoms with van der Waals surface area (Å²) < 4.78 is 0. The van der Waals surface area contributed by atoms with E-state index in [1.54, 1.807) is 0 Å². The van der Waals surface area contributed by atoms with Gasteiger partial charge < -0.3 is 4.90 Å². The van der Waals surface area contributed by atoms with Crippen molar-refractivity contribution in [3.05, 3.63) is 203 Å². The molecule has 7 aromatic rings. The molecule has 1 unspecified atom stereocenters. The van der Waals surface area contributed by atoms with E-state index in [4.69, 9.17) is 0 Å². The molecular formula is C50H37N. The van der Waals surface area contributed by atoms with E-state index in [0.717, 1.165) is 18.5 Å². The number of rotatable bonds is 3. The van der Waals surface area contributed by atoms with Crippen LogP contribution in [0.15, 0.2) is 169 Å². The molecule has 242 valence electrons. The predicted octanol–water partition coefficient (Wildman–Crippen LogP) is 13.0. The molecule has 0 aliphatic heterocycles. The monoisotopic (exact) mass is 651 g/mol. The number of anilines is 3. The minimum Gasteiger partial charge on any atom is -0.310 e. The lowest BCUT2D eigenvalue weighted by Gasteiger charge is -2.34. The fraction of sp³-hybridized carbons (Fsp3) is 0.120. The molecule has 0 bridgehead atoms. The third-order valence-electron chi connectivity index (χ3n) is 12.3. The van der Waals surface area contributed by atoms with Crippen molar-refractivity contribution in [1.82, 2.24) is 0 Å². The first-order chi connectivity index (χ1) is 25.0. The van der Waals surface area contributed by atoms with Crippen LogP contribution in [0, 0.1) is 0 Å². The lowest BCUT2D eigenvalue weighted by atomic mass is 9.69. The Labute approximate surface area is 299 Å². The second kappa shape index (κ2) is 10.3. The summed E-state index contributed by atoms with van der Waals surface area (Å²) in [4.78, 5) is 2.50. The van der Waals surface area contributed by atoms with E-state index in [-0.39, 0.29) is 10.8 Å². The van der Waals surface area contributed by atoms with Gasteiger partial charge in [-0.1, -0.05) is 141 Å². The predicted molar refractivity (Wildman–Crippen MR) is 213 cm³/mol. The Morgan fingerprint density at radius 1 is 0.451 bits per heavy atom. The Morgan fingerprint density at radius 2 is 0.980 bits per heavy atom. The molecule has 51 heavy (non-hydrogen) atoms. The summed E-state index contributed by atoms with van der Waals surface area (Å²) in [6, 6.07) is 57.3. The highest BCUT2D eigenvalue weighted by molar-refractivity contribution is 5.98. The minimum atomic E-state index is -0.346. The molecule has 0 aromatic heterocycles. The zero-order valence-electron chi connectivity index (χ0n) is 28.9. The molecule has 0 heterocycles. The van der Waals surface area contributed by atoms with Crippen LogP contribution in [-0.4, -0.2) is 0 Å². The lowest BCUT2D eigenvalue weighted by molar-refractivity contribution is 0.660. The third-order valence-corrected chi connectivity index (χ3v) is 12.3. The van der Waals surface area contributed by atoms with Crippen LogP contribution in [0.5, 0.6) is 0 Å². The van der Waals surface area contributed by atoms with Crippen LogP contribution in [0.1, 0.15) is 60.1 Å². The molecule has 7 aromatic carbocycles. The standard InChI is InChI=1S/C50H37N/c1-49(2)43-19-9-5-15-37(43)41-27-25-35(30-47(41)49)51(34-24-23-32-13-3-4-14-33(32)29-34)36-26-28-42-40-18-8-12-22-46(40)50(48(42)31-36)44-20-10-6-16-38(44)39-17-7-11-21-45(39)50/h3-6,8-16,18-31H,7,17H2,1-2H3. The second-order valence-corrected chi connectivity index (χ2v) is 15.2. The minimum absolute atomic E-state index is 0.0929. The van der Waals surface area contributed by atoms with E-state index in [1.807, 2.05) is 0 Å². The number of benzene rings is 7. The van der Waals surface area contributed by atoms with Crippen molar-refractivity contribution in [2.24, 2.45) is 0 Å². The van der Waals surface area contributed by atoms with Gasteiger partial charge in [0.25, 0.3) is 0 Å². The zero-order valence-corrected chi connectivity index (χ0v) is 28.9. The SMILES string of the molecule is CC1(C)c2ccccc2-c2ccc(N(c3ccc4c(c3)C3(C5=C(CCC=C5)c5ccccc53)c3ccccc3-4)c3ccc4ccccc4c3)cc21. The summed E-state index contributed by atoms with van der Waals surface area (Å²) in [6.07, 6.45) is 7.01. The topological polar surface area (TPSA) is 3.24 Å². The van der Waals surface area contributed by atoms with Crippen molar-refractivity contribution in [2.45, 2.75) is 37.5 Å². The maximum atomic E-state index is 2.52. The molecule has 0 radical (unpaired) electrons. The molecule has 0 saturated heterocycles. The summed E-state index contributed by atoms with van der Waals surface area (Å²) in [6.45, 7) is 4.75. The van der Waals surface area contributed by atoms with Crippen LogP contribution in [0.4, 0.5) is 17.1 Å². The van der Waals surface area contributed by atoms with Crippen molar-refractivity contribution < 1.29 is 0 Å². The van der Waals surface area contributed by atoms with Crippen LogP contribution in [0.2, 0.25) is 0 Å². The van der Waals surface area contributed by atoms with E-state index in [0.29, 0.717) is 0 Å². The van der Waals surface area contributed by atoms with Gasteiger partial charge in [-0.2, -0.15) is 0 Å². The van der Waals surface area contributed by atoms with Crippen LogP contribution in [-0.2, 0) is 10.8 Å². The zero-order chi connectivity index (χ0) is 33.9. The average Bonchev–Trinajstić information content (AvgIpc) is 3.73. The summed E-state index contributed by atoms with van der Waals surface area (Å²) in [5.41, 5.74) is 19.8. The number of allylic oxidation sites excluding steroid dienone is 4. The van der Waals surface area contributed by atoms with Gasteiger partial charge in [0.05, 0.1) is 5.41 Å². The van der Waals surface area contributed by atoms with Gasteiger partial charge in [0.1, 0.15) is 0 Å². The van der Waals surface area contributed by atoms with Gasteiger partial charge in [0.15, 0.2) is 0 Å². The lowest BCUT2D eigenvalue weighted by Crippen LogP contribution is -2.27. The van der Waals surface area contributed by atoms with Crippen molar-refractivity contribution in [3.8, 4) is 22.3 Å². The maximum Gasteiger partial charge on any atom is 0.0722 e. The molecule has 1 nitrogen and oxygen atoms in total. The van der Waals surface area contributed by atoms with Crippen LogP contribution in [0.3, 0.4) is 0 Å². The number of hydrogen-bond donors (Lipinski definition) is 0. The van der Waals surface area contributed by atoms with E-state index in [1.165, 1.54) is 88.9 Å². The van der Waals surface area contributed by atoms with Crippen LogP contribution in [0.25, 0.3) is 38.6 Å². The van der Waals surface area contributed by atoms with E-state index < -0.39 is 0 Å². The fourth-order valence-corrected chi connectivity index (χ4v) is 10.1. The smallest absolute Gasteiger partial charge is 0.0722 e. The normalized spacial score (nSPS) is 18.3. The number of fused-ring (bicyclic) bond motifs is 13. The van der Waals surface area contributed by atoms with Crippen LogP contribution >= 0.6 is 0 Å². The molecule has 0 N–H and O–H groups in total. The first-order valence-electron chi connectivity index (χ1n) is 18.3. The van der Waals surface area contributed by atoms with Crippen molar-refractivity contribution >= 4 is 33.4 Å². The largest absolute Gasteiger partial charge is 0.310 e. The summed E-state index contributed by atoms with van der Waals surface area (Å²) in [5.74, 6) is 0. The first kappa shape index (κ1) is 28.9. The molecule has 0 amide bonds. The van der Waals surface area contributed by atoms with E-state index in [9.17, 15) is 0 Å². The highest BCUT2D eigenvalue weighted by Gasteiger charge is 2.52. The highest BCUT2D eigenvalue weighted by Crippen LogP contribution is 2.64. The molecule has 1 heteroatoms. The molecule has 4 aliphatic carbocycles. The Morgan fingerprint density at radius 3 is 1.75 bits per heavy atom. The number of hydrogen-bond acceptors (Lipinski definition) is 1. The summed E-state index contributed by atoms with van der Waals surface area (Å²) in [5, 5.41) is 2.49. The first-order valence-corrected chi connectivity index (χ1v) is 18.3. The average molecular weight is 652 g/mol. The van der Waals surface area contributed by atoms with Gasteiger partial charge in [-0.25, -0.2) is 0 Å². The summed E-state index contributed by atoms with van der Waals surface area (Å²) >= 11 is 0. The Bertz CT molecular complexity index is 2690. The van der Waals surface area contributed by atoms with Crippen molar-refractivity contribution in [1.29, 1.82) is 0 Å². The van der Waals surface area contributed by atoms with Gasteiger partial charge in [0.2, 0.25) is 0 Å². The fourth-order valence-electron chi connectivity index (χ4n) is 10.1. The van der Waals surface area contributed by atoms with Crippen molar-refractivity contribution in [3.63, 3.8) is 0 Å². The van der Waals surface area contributed by atoms with Gasteiger partial charge in [-0.15, -0.1) is 0 Å². The quantitative estimate of drug-likeness (QED) is 0.184. The van der Waals surface area contributed by atoms with Gasteiger partial charge in [-0.05, 0) is 127 Å². The van der Waals surface area contributed by atoms with E-state index >= 15 is 0 Å². The maximum absolute atomic E-state index is 2.52. The van der Waals surface area contributed by atoms with Crippen molar-refractivity contribution in [2.75, 3.05) is 4.90 Å². The molecule has 1 spiro atoms. The Balaban J connectivity index is 1.18. The Kier molecular flexibility index (Phi) is 5.84. The van der Waals surface area contributed by atoms with E-state index in [2.05, 4.69) is 183 Å². The van der Waals surface area contributed by atoms with Crippen LogP contribution < -0.4 is 4.90 Å².